The Morgan fingerprint density at radius 2 is 1.87 bits per heavy atom. The quantitative estimate of drug-likeness (QED) is 0.186. The summed E-state index contributed by atoms with van der Waals surface area (Å²) >= 11 is 11.8. The van der Waals surface area contributed by atoms with Crippen molar-refractivity contribution in [1.82, 2.24) is 14.9 Å². The zero-order chi connectivity index (χ0) is 27.9. The second-order valence-electron chi connectivity index (χ2n) is 9.34. The molecule has 3 aromatic rings. The topological polar surface area (TPSA) is 76.6 Å². The molecule has 2 saturated heterocycles. The van der Waals surface area contributed by atoms with Crippen molar-refractivity contribution in [3.63, 3.8) is 0 Å². The summed E-state index contributed by atoms with van der Waals surface area (Å²) in [6.45, 7) is 2.04. The number of rotatable bonds is 7. The van der Waals surface area contributed by atoms with Crippen molar-refractivity contribution in [3.8, 4) is 11.5 Å². The van der Waals surface area contributed by atoms with Crippen molar-refractivity contribution in [1.29, 1.82) is 0 Å². The van der Waals surface area contributed by atoms with Gasteiger partial charge < -0.3 is 19.7 Å². The normalized spacial score (nSPS) is 20.7. The third-order valence-electron chi connectivity index (χ3n) is 6.79. The van der Waals surface area contributed by atoms with Gasteiger partial charge in [0.2, 0.25) is 5.91 Å². The van der Waals surface area contributed by atoms with Crippen LogP contribution in [-0.4, -0.2) is 51.7 Å². The molecule has 0 aliphatic carbocycles. The van der Waals surface area contributed by atoms with Crippen molar-refractivity contribution in [2.75, 3.05) is 11.9 Å². The highest BCUT2D eigenvalue weighted by Gasteiger charge is 2.43. The molecule has 5 rings (SSSR count). The van der Waals surface area contributed by atoms with E-state index < -0.39 is 18.6 Å². The number of ether oxygens (including phenoxy) is 2. The zero-order valence-electron chi connectivity index (χ0n) is 20.3. The van der Waals surface area contributed by atoms with Crippen molar-refractivity contribution in [3.05, 3.63) is 59.1 Å². The van der Waals surface area contributed by atoms with Gasteiger partial charge in [-0.05, 0) is 37.1 Å². The number of aromatic nitrogens is 2. The molecular weight excluding hydrogens is 563 g/mol. The summed E-state index contributed by atoms with van der Waals surface area (Å²) in [7, 11) is 0. The minimum absolute atomic E-state index is 0.0138. The van der Waals surface area contributed by atoms with E-state index in [2.05, 4.69) is 21.9 Å². The number of nitrogens with zero attached hydrogens (tertiary/aromatic N) is 3. The molecular formula is C26H22Cl2F4N4O3. The molecule has 2 fully saturated rings. The molecule has 0 saturated carbocycles. The van der Waals surface area contributed by atoms with Gasteiger partial charge in [-0.25, -0.2) is 14.4 Å². The molecule has 3 heterocycles. The summed E-state index contributed by atoms with van der Waals surface area (Å²) < 4.78 is 65.0. The van der Waals surface area contributed by atoms with Gasteiger partial charge in [0.1, 0.15) is 18.2 Å². The summed E-state index contributed by atoms with van der Waals surface area (Å²) in [5.74, 6) is -0.887. The van der Waals surface area contributed by atoms with Gasteiger partial charge in [0.05, 0.1) is 21.2 Å². The summed E-state index contributed by atoms with van der Waals surface area (Å²) in [5, 5.41) is 2.94. The number of hydrogen-bond acceptors (Lipinski definition) is 6. The molecule has 0 radical (unpaired) electrons. The van der Waals surface area contributed by atoms with Gasteiger partial charge in [-0.2, -0.15) is 13.2 Å². The van der Waals surface area contributed by atoms with Crippen LogP contribution in [-0.2, 0) is 4.79 Å². The fourth-order valence-electron chi connectivity index (χ4n) is 5.15. The van der Waals surface area contributed by atoms with Crippen LogP contribution in [0.3, 0.4) is 0 Å². The number of nitrogens with one attached hydrogen (secondary N) is 1. The van der Waals surface area contributed by atoms with Crippen molar-refractivity contribution in [2.24, 2.45) is 0 Å². The molecule has 2 aromatic carbocycles. The van der Waals surface area contributed by atoms with E-state index in [9.17, 15) is 22.4 Å². The largest absolute Gasteiger partial charge is 0.486 e. The number of alkyl halides is 3. The molecule has 2 atom stereocenters. The summed E-state index contributed by atoms with van der Waals surface area (Å²) in [6.07, 6.45) is 0.103. The minimum atomic E-state index is -4.58. The average Bonchev–Trinajstić information content (AvgIpc) is 3.17. The van der Waals surface area contributed by atoms with E-state index in [1.807, 2.05) is 0 Å². The van der Waals surface area contributed by atoms with Crippen LogP contribution in [0.4, 0.5) is 29.1 Å². The summed E-state index contributed by atoms with van der Waals surface area (Å²) in [4.78, 5) is 22.4. The Kier molecular flexibility index (Phi) is 7.47. The maximum absolute atomic E-state index is 14.7. The Labute approximate surface area is 230 Å². The standard InChI is InChI=1S/C26H22Cl2F4N4O3/c1-2-22(37)36-13-3-4-14(36)8-15(7-13)39-21-9-16-19(10-20(21)38-11-26(30,31)32)33-12-34-25(16)35-18-6-5-17(27)23(28)24(18)29/h2,5-6,9-10,12-15H,1,3-4,7-8,11H2,(H,33,34,35). The maximum Gasteiger partial charge on any atom is 0.422 e. The van der Waals surface area contributed by atoms with Gasteiger partial charge >= 0.3 is 6.18 Å². The third-order valence-corrected chi connectivity index (χ3v) is 7.57. The van der Waals surface area contributed by atoms with E-state index in [1.54, 1.807) is 4.90 Å². The summed E-state index contributed by atoms with van der Waals surface area (Å²) in [6, 6.07) is 5.45. The van der Waals surface area contributed by atoms with Gasteiger partial charge in [-0.15, -0.1) is 0 Å². The maximum atomic E-state index is 14.7. The number of carbonyl (C=O) groups excluding carboxylic acids is 1. The SMILES string of the molecule is C=CC(=O)N1C2CCC1CC(Oc1cc3c(Nc4ccc(Cl)c(Cl)c4F)ncnc3cc1OCC(F)(F)F)C2. The van der Waals surface area contributed by atoms with E-state index in [4.69, 9.17) is 32.7 Å². The fraction of sp³-hybridized carbons (Fsp3) is 0.346. The van der Waals surface area contributed by atoms with E-state index in [0.717, 1.165) is 12.8 Å². The first kappa shape index (κ1) is 27.3. The van der Waals surface area contributed by atoms with E-state index in [-0.39, 0.29) is 62.7 Å². The monoisotopic (exact) mass is 584 g/mol. The molecule has 13 heteroatoms. The van der Waals surface area contributed by atoms with Crippen LogP contribution in [0.1, 0.15) is 25.7 Å². The number of piperidine rings is 1. The molecule has 1 amide bonds. The van der Waals surface area contributed by atoms with Crippen molar-refractivity contribution >= 4 is 51.5 Å². The van der Waals surface area contributed by atoms with Crippen LogP contribution in [0, 0.1) is 5.82 Å². The Bertz CT molecular complexity index is 1420. The van der Waals surface area contributed by atoms with Crippen LogP contribution < -0.4 is 14.8 Å². The molecule has 1 N–H and O–H groups in total. The summed E-state index contributed by atoms with van der Waals surface area (Å²) in [5.41, 5.74) is 0.226. The fourth-order valence-corrected chi connectivity index (χ4v) is 5.46. The number of amides is 1. The van der Waals surface area contributed by atoms with Crippen molar-refractivity contribution in [2.45, 2.75) is 50.0 Å². The lowest BCUT2D eigenvalue weighted by Gasteiger charge is -2.38. The first-order chi connectivity index (χ1) is 18.5. The Morgan fingerprint density at radius 1 is 1.15 bits per heavy atom. The number of benzene rings is 2. The van der Waals surface area contributed by atoms with Crippen LogP contribution >= 0.6 is 23.2 Å². The number of hydrogen-bond donors (Lipinski definition) is 1. The molecule has 0 spiro atoms. The van der Waals surface area contributed by atoms with E-state index >= 15 is 0 Å². The molecule has 2 bridgehead atoms. The highest BCUT2D eigenvalue weighted by Crippen LogP contribution is 2.41. The van der Waals surface area contributed by atoms with Crippen LogP contribution in [0.25, 0.3) is 10.9 Å². The van der Waals surface area contributed by atoms with Crippen LogP contribution in [0.5, 0.6) is 11.5 Å². The van der Waals surface area contributed by atoms with Gasteiger partial charge in [0, 0.05) is 36.4 Å². The Balaban J connectivity index is 1.49. The van der Waals surface area contributed by atoms with Crippen molar-refractivity contribution < 1.29 is 31.8 Å². The smallest absolute Gasteiger partial charge is 0.422 e. The highest BCUT2D eigenvalue weighted by atomic mass is 35.5. The Morgan fingerprint density at radius 3 is 2.54 bits per heavy atom. The number of carbonyl (C=O) groups is 1. The zero-order valence-corrected chi connectivity index (χ0v) is 21.8. The molecule has 2 unspecified atom stereocenters. The molecule has 7 nitrogen and oxygen atoms in total. The molecule has 39 heavy (non-hydrogen) atoms. The minimum Gasteiger partial charge on any atom is -0.486 e. The first-order valence-electron chi connectivity index (χ1n) is 12.0. The van der Waals surface area contributed by atoms with Gasteiger partial charge in [-0.3, -0.25) is 4.79 Å². The van der Waals surface area contributed by atoms with Gasteiger partial charge in [0.25, 0.3) is 0 Å². The van der Waals surface area contributed by atoms with E-state index in [0.29, 0.717) is 18.2 Å². The van der Waals surface area contributed by atoms with Crippen LogP contribution in [0.2, 0.25) is 10.0 Å². The predicted octanol–water partition coefficient (Wildman–Crippen LogP) is 6.85. The third kappa shape index (κ3) is 5.69. The first-order valence-corrected chi connectivity index (χ1v) is 12.8. The lowest BCUT2D eigenvalue weighted by atomic mass is 9.99. The molecule has 2 aliphatic heterocycles. The highest BCUT2D eigenvalue weighted by molar-refractivity contribution is 6.42. The van der Waals surface area contributed by atoms with E-state index in [1.165, 1.54) is 36.7 Å². The average molecular weight is 585 g/mol. The number of halogens is 6. The molecule has 206 valence electrons. The number of anilines is 2. The van der Waals surface area contributed by atoms with Crippen LogP contribution in [0.15, 0.2) is 43.2 Å². The predicted molar refractivity (Wildman–Crippen MR) is 138 cm³/mol. The second kappa shape index (κ2) is 10.7. The molecule has 1 aromatic heterocycles. The number of fused-ring (bicyclic) bond motifs is 3. The molecule has 2 aliphatic rings. The lowest BCUT2D eigenvalue weighted by Crippen LogP contribution is -2.48. The van der Waals surface area contributed by atoms with Gasteiger partial charge in [0.15, 0.2) is 23.9 Å². The van der Waals surface area contributed by atoms with Gasteiger partial charge in [-0.1, -0.05) is 29.8 Å². The Hall–Kier alpha value is -3.31. The lowest BCUT2D eigenvalue weighted by molar-refractivity contribution is -0.153. The second-order valence-corrected chi connectivity index (χ2v) is 10.1.